The first-order chi connectivity index (χ1) is 10.5. The molecule has 3 N–H and O–H groups in total. The lowest BCUT2D eigenvalue weighted by atomic mass is 9.98. The summed E-state index contributed by atoms with van der Waals surface area (Å²) >= 11 is 0. The van der Waals surface area contributed by atoms with Crippen molar-refractivity contribution in [3.05, 3.63) is 56.2 Å². The highest BCUT2D eigenvalue weighted by molar-refractivity contribution is 5.92. The van der Waals surface area contributed by atoms with E-state index in [1.807, 2.05) is 0 Å². The van der Waals surface area contributed by atoms with E-state index in [1.54, 1.807) is 24.3 Å². The number of H-pyrrole nitrogens is 1. The Kier molecular flexibility index (Phi) is 3.21. The van der Waals surface area contributed by atoms with E-state index in [2.05, 4.69) is 15.6 Å². The van der Waals surface area contributed by atoms with Gasteiger partial charge in [0.15, 0.2) is 0 Å². The number of nitrogens with one attached hydrogen (secondary N) is 3. The van der Waals surface area contributed by atoms with Gasteiger partial charge in [0, 0.05) is 7.05 Å². The number of urea groups is 1. The van der Waals surface area contributed by atoms with E-state index in [4.69, 9.17) is 4.74 Å². The van der Waals surface area contributed by atoms with Crippen molar-refractivity contribution in [2.75, 3.05) is 12.4 Å². The molecule has 8 heteroatoms. The van der Waals surface area contributed by atoms with Gasteiger partial charge in [0.05, 0.1) is 18.7 Å². The molecule has 0 bridgehead atoms. The number of aromatic amines is 1. The number of hydrogen-bond donors (Lipinski definition) is 3. The molecule has 0 aliphatic carbocycles. The van der Waals surface area contributed by atoms with Gasteiger partial charge in [0.1, 0.15) is 11.6 Å². The Morgan fingerprint density at radius 1 is 1.23 bits per heavy atom. The van der Waals surface area contributed by atoms with Crippen LogP contribution < -0.4 is 26.6 Å². The smallest absolute Gasteiger partial charge is 0.329 e. The van der Waals surface area contributed by atoms with E-state index >= 15 is 0 Å². The second kappa shape index (κ2) is 5.06. The van der Waals surface area contributed by atoms with E-state index in [0.29, 0.717) is 11.3 Å². The topological polar surface area (TPSA) is 105 Å². The highest BCUT2D eigenvalue weighted by Crippen LogP contribution is 2.29. The van der Waals surface area contributed by atoms with Crippen LogP contribution in [0.15, 0.2) is 33.9 Å². The quantitative estimate of drug-likeness (QED) is 0.742. The zero-order valence-electron chi connectivity index (χ0n) is 12.0. The van der Waals surface area contributed by atoms with Crippen molar-refractivity contribution < 1.29 is 9.53 Å². The molecule has 114 valence electrons. The van der Waals surface area contributed by atoms with Crippen LogP contribution in [-0.2, 0) is 7.05 Å². The number of hydrogen-bond acceptors (Lipinski definition) is 4. The number of carbonyl (C=O) groups is 1. The lowest BCUT2D eigenvalue weighted by Gasteiger charge is -2.27. The third kappa shape index (κ3) is 2.14. The molecule has 0 saturated carbocycles. The summed E-state index contributed by atoms with van der Waals surface area (Å²) in [6.45, 7) is 0. The molecule has 1 aromatic heterocycles. The summed E-state index contributed by atoms with van der Waals surface area (Å²) < 4.78 is 6.36. The van der Waals surface area contributed by atoms with Crippen molar-refractivity contribution >= 4 is 11.8 Å². The minimum absolute atomic E-state index is 0.185. The number of benzene rings is 1. The normalized spacial score (nSPS) is 16.5. The van der Waals surface area contributed by atoms with Crippen LogP contribution in [0.2, 0.25) is 0 Å². The highest BCUT2D eigenvalue weighted by Gasteiger charge is 2.30. The summed E-state index contributed by atoms with van der Waals surface area (Å²) in [5.41, 5.74) is -0.177. The second-order valence-corrected chi connectivity index (χ2v) is 4.89. The minimum atomic E-state index is -0.672. The van der Waals surface area contributed by atoms with Crippen molar-refractivity contribution in [2.45, 2.75) is 6.04 Å². The van der Waals surface area contributed by atoms with Crippen molar-refractivity contribution in [1.82, 2.24) is 14.9 Å². The Hall–Kier alpha value is -3.03. The Balaban J connectivity index is 2.24. The second-order valence-electron chi connectivity index (χ2n) is 4.89. The molecule has 3 rings (SSSR count). The average molecular weight is 302 g/mol. The molecule has 2 aromatic rings. The Morgan fingerprint density at radius 2 is 2.00 bits per heavy atom. The third-order valence-corrected chi connectivity index (χ3v) is 3.58. The molecule has 0 radical (unpaired) electrons. The predicted molar refractivity (Wildman–Crippen MR) is 79.3 cm³/mol. The van der Waals surface area contributed by atoms with Gasteiger partial charge in [-0.1, -0.05) is 12.1 Å². The average Bonchev–Trinajstić information content (AvgIpc) is 2.51. The molecule has 2 heterocycles. The molecular weight excluding hydrogens is 288 g/mol. The molecule has 0 spiro atoms. The molecular formula is C14H14N4O4. The van der Waals surface area contributed by atoms with Crippen molar-refractivity contribution in [2.24, 2.45) is 7.05 Å². The maximum absolute atomic E-state index is 12.2. The van der Waals surface area contributed by atoms with Crippen LogP contribution >= 0.6 is 0 Å². The number of amides is 2. The first-order valence-electron chi connectivity index (χ1n) is 6.56. The first kappa shape index (κ1) is 13.9. The summed E-state index contributed by atoms with van der Waals surface area (Å²) in [4.78, 5) is 38.0. The van der Waals surface area contributed by atoms with E-state index < -0.39 is 23.3 Å². The standard InChI is InChI=1S/C14H14N4O4/c1-18-11-9(12(19)17-14(18)21)10(15-13(20)16-11)7-4-3-5-8(6-7)22-2/h3-6,10H,1-2H3,(H2,15,16,20)(H,17,19,21)/t10-/m0/s1. The maximum atomic E-state index is 12.2. The molecule has 1 aliphatic heterocycles. The van der Waals surface area contributed by atoms with Crippen LogP contribution in [0.1, 0.15) is 17.2 Å². The van der Waals surface area contributed by atoms with Gasteiger partial charge < -0.3 is 10.1 Å². The maximum Gasteiger partial charge on any atom is 0.329 e. The van der Waals surface area contributed by atoms with Gasteiger partial charge in [-0.05, 0) is 17.7 Å². The monoisotopic (exact) mass is 302 g/mol. The summed E-state index contributed by atoms with van der Waals surface area (Å²) in [5.74, 6) is 0.790. The van der Waals surface area contributed by atoms with Crippen LogP contribution in [-0.4, -0.2) is 22.7 Å². The number of methoxy groups -OCH3 is 1. The van der Waals surface area contributed by atoms with Crippen molar-refractivity contribution in [1.29, 1.82) is 0 Å². The Morgan fingerprint density at radius 3 is 2.73 bits per heavy atom. The van der Waals surface area contributed by atoms with E-state index in [0.717, 1.165) is 0 Å². The predicted octanol–water partition coefficient (Wildman–Crippen LogP) is 0.307. The van der Waals surface area contributed by atoms with Crippen LogP contribution in [0.25, 0.3) is 0 Å². The van der Waals surface area contributed by atoms with Crippen molar-refractivity contribution in [3.63, 3.8) is 0 Å². The van der Waals surface area contributed by atoms with Crippen molar-refractivity contribution in [3.8, 4) is 5.75 Å². The highest BCUT2D eigenvalue weighted by atomic mass is 16.5. The SMILES string of the molecule is COc1cccc([C@@H]2NC(=O)Nc3c2c(=O)[nH]c(=O)n3C)c1. The molecule has 1 aliphatic rings. The zero-order valence-corrected chi connectivity index (χ0v) is 12.0. The largest absolute Gasteiger partial charge is 0.497 e. The molecule has 1 atom stereocenters. The molecule has 0 unspecified atom stereocenters. The molecule has 8 nitrogen and oxygen atoms in total. The molecule has 2 amide bonds. The minimum Gasteiger partial charge on any atom is -0.497 e. The fraction of sp³-hybridized carbons (Fsp3) is 0.214. The van der Waals surface area contributed by atoms with Gasteiger partial charge in [-0.3, -0.25) is 19.7 Å². The molecule has 22 heavy (non-hydrogen) atoms. The van der Waals surface area contributed by atoms with Gasteiger partial charge in [-0.15, -0.1) is 0 Å². The van der Waals surface area contributed by atoms with Gasteiger partial charge >= 0.3 is 11.7 Å². The molecule has 1 aromatic carbocycles. The molecule has 0 fully saturated rings. The number of fused-ring (bicyclic) bond motifs is 1. The molecule has 0 saturated heterocycles. The fourth-order valence-corrected chi connectivity index (χ4v) is 2.48. The van der Waals surface area contributed by atoms with Crippen LogP contribution in [0.3, 0.4) is 0 Å². The van der Waals surface area contributed by atoms with Crippen LogP contribution in [0.5, 0.6) is 5.75 Å². The zero-order chi connectivity index (χ0) is 15.9. The number of carbonyl (C=O) groups excluding carboxylic acids is 1. The first-order valence-corrected chi connectivity index (χ1v) is 6.56. The Bertz CT molecular complexity index is 868. The number of aromatic nitrogens is 2. The number of anilines is 1. The number of nitrogens with zero attached hydrogens (tertiary/aromatic N) is 1. The Labute approximate surface area is 124 Å². The third-order valence-electron chi connectivity index (χ3n) is 3.58. The van der Waals surface area contributed by atoms with E-state index in [1.165, 1.54) is 18.7 Å². The number of rotatable bonds is 2. The fourth-order valence-electron chi connectivity index (χ4n) is 2.48. The van der Waals surface area contributed by atoms with E-state index in [-0.39, 0.29) is 11.4 Å². The summed E-state index contributed by atoms with van der Waals surface area (Å²) in [6.07, 6.45) is 0. The van der Waals surface area contributed by atoms with Crippen LogP contribution in [0, 0.1) is 0 Å². The summed E-state index contributed by atoms with van der Waals surface area (Å²) in [6, 6.07) is 5.86. The van der Waals surface area contributed by atoms with Crippen LogP contribution in [0.4, 0.5) is 10.6 Å². The van der Waals surface area contributed by atoms with Gasteiger partial charge in [0.2, 0.25) is 0 Å². The summed E-state index contributed by atoms with van der Waals surface area (Å²) in [5, 5.41) is 5.19. The van der Waals surface area contributed by atoms with Gasteiger partial charge in [-0.25, -0.2) is 9.59 Å². The number of ether oxygens (including phenoxy) is 1. The van der Waals surface area contributed by atoms with Gasteiger partial charge in [0.25, 0.3) is 5.56 Å². The van der Waals surface area contributed by atoms with Gasteiger partial charge in [-0.2, -0.15) is 0 Å². The lowest BCUT2D eigenvalue weighted by molar-refractivity contribution is 0.248. The summed E-state index contributed by atoms with van der Waals surface area (Å²) in [7, 11) is 3.01. The lowest BCUT2D eigenvalue weighted by Crippen LogP contribution is -2.46. The van der Waals surface area contributed by atoms with E-state index in [9.17, 15) is 14.4 Å².